The van der Waals surface area contributed by atoms with E-state index in [1.165, 1.54) is 24.3 Å². The quantitative estimate of drug-likeness (QED) is 0.542. The van der Waals surface area contributed by atoms with Gasteiger partial charge in [-0.05, 0) is 68.3 Å². The van der Waals surface area contributed by atoms with Gasteiger partial charge in [0.25, 0.3) is 10.0 Å². The number of benzene rings is 3. The van der Waals surface area contributed by atoms with Crippen LogP contribution in [-0.4, -0.2) is 20.9 Å². The number of carbonyl (C=O) groups excluding carboxylic acids is 1. The molecule has 0 aliphatic heterocycles. The highest BCUT2D eigenvalue weighted by atomic mass is 35.5. The average Bonchev–Trinajstić information content (AvgIpc) is 2.72. The molecule has 5 nitrogen and oxygen atoms in total. The van der Waals surface area contributed by atoms with Crippen molar-refractivity contribution in [3.05, 3.63) is 94.5 Å². The van der Waals surface area contributed by atoms with Crippen molar-refractivity contribution in [1.29, 1.82) is 0 Å². The van der Waals surface area contributed by atoms with E-state index in [1.54, 1.807) is 18.2 Å². The first-order valence-corrected chi connectivity index (χ1v) is 11.7. The minimum Gasteiger partial charge on any atom is -0.348 e. The number of anilines is 1. The predicted molar refractivity (Wildman–Crippen MR) is 125 cm³/mol. The molecule has 0 fully saturated rings. The number of sulfonamides is 1. The van der Waals surface area contributed by atoms with Gasteiger partial charge < -0.3 is 5.32 Å². The fourth-order valence-corrected chi connectivity index (χ4v) is 4.73. The Balaban J connectivity index is 1.89. The number of aryl methyl sites for hydroxylation is 2. The average molecular weight is 457 g/mol. The predicted octanol–water partition coefficient (Wildman–Crippen LogP) is 5.03. The molecule has 1 amide bonds. The lowest BCUT2D eigenvalue weighted by molar-refractivity contribution is -0.120. The summed E-state index contributed by atoms with van der Waals surface area (Å²) in [5.41, 5.74) is 3.39. The number of hydrogen-bond acceptors (Lipinski definition) is 3. The van der Waals surface area contributed by atoms with Crippen LogP contribution >= 0.6 is 11.6 Å². The Morgan fingerprint density at radius 1 is 0.968 bits per heavy atom. The zero-order valence-corrected chi connectivity index (χ0v) is 19.2. The molecule has 1 atom stereocenters. The van der Waals surface area contributed by atoms with Crippen LogP contribution in [0.2, 0.25) is 5.02 Å². The molecule has 1 N–H and O–H groups in total. The van der Waals surface area contributed by atoms with Gasteiger partial charge in [0.1, 0.15) is 6.54 Å². The number of nitrogens with one attached hydrogen (secondary N) is 1. The van der Waals surface area contributed by atoms with Crippen molar-refractivity contribution >= 4 is 33.2 Å². The molecule has 3 rings (SSSR count). The van der Waals surface area contributed by atoms with Crippen LogP contribution in [0, 0.1) is 13.8 Å². The van der Waals surface area contributed by atoms with Crippen LogP contribution in [0.4, 0.5) is 5.69 Å². The van der Waals surface area contributed by atoms with Crippen molar-refractivity contribution < 1.29 is 13.2 Å². The number of rotatable bonds is 7. The summed E-state index contributed by atoms with van der Waals surface area (Å²) in [6.45, 7) is 5.39. The maximum atomic E-state index is 13.4. The largest absolute Gasteiger partial charge is 0.348 e. The van der Waals surface area contributed by atoms with Crippen LogP contribution in [0.1, 0.15) is 29.7 Å². The molecule has 0 spiro atoms. The molecule has 0 heterocycles. The maximum Gasteiger partial charge on any atom is 0.264 e. The number of amides is 1. The first kappa shape index (κ1) is 22.8. The van der Waals surface area contributed by atoms with Gasteiger partial charge in [0, 0.05) is 5.02 Å². The van der Waals surface area contributed by atoms with Crippen LogP contribution in [0.3, 0.4) is 0 Å². The molecular formula is C24H25ClN2O3S. The van der Waals surface area contributed by atoms with E-state index in [0.29, 0.717) is 10.7 Å². The number of halogens is 1. The summed E-state index contributed by atoms with van der Waals surface area (Å²) < 4.78 is 27.9. The Kier molecular flexibility index (Phi) is 7.03. The minimum absolute atomic E-state index is 0.0674. The van der Waals surface area contributed by atoms with Crippen molar-refractivity contribution in [3.8, 4) is 0 Å². The fraction of sp³-hybridized carbons (Fsp3) is 0.208. The first-order valence-electron chi connectivity index (χ1n) is 9.88. The van der Waals surface area contributed by atoms with Gasteiger partial charge >= 0.3 is 0 Å². The molecule has 0 aliphatic carbocycles. The highest BCUT2D eigenvalue weighted by Gasteiger charge is 2.27. The van der Waals surface area contributed by atoms with Gasteiger partial charge in [0.2, 0.25) is 5.91 Å². The summed E-state index contributed by atoms with van der Waals surface area (Å²) >= 11 is 5.92. The summed E-state index contributed by atoms with van der Waals surface area (Å²) in [7, 11) is -3.97. The number of carbonyl (C=O) groups is 1. The lowest BCUT2D eigenvalue weighted by Crippen LogP contribution is -2.41. The Labute approximate surface area is 188 Å². The summed E-state index contributed by atoms with van der Waals surface area (Å²) in [6, 6.07) is 20.5. The zero-order chi connectivity index (χ0) is 22.6. The fourth-order valence-electron chi connectivity index (χ4n) is 3.19. The first-order chi connectivity index (χ1) is 14.7. The van der Waals surface area contributed by atoms with E-state index in [2.05, 4.69) is 5.32 Å². The zero-order valence-electron chi connectivity index (χ0n) is 17.7. The van der Waals surface area contributed by atoms with Crippen molar-refractivity contribution in [2.45, 2.75) is 31.7 Å². The van der Waals surface area contributed by atoms with E-state index in [0.717, 1.165) is 21.0 Å². The van der Waals surface area contributed by atoms with E-state index < -0.39 is 15.9 Å². The molecule has 0 radical (unpaired) electrons. The third kappa shape index (κ3) is 5.66. The third-order valence-corrected chi connectivity index (χ3v) is 6.97. The van der Waals surface area contributed by atoms with Crippen LogP contribution < -0.4 is 9.62 Å². The SMILES string of the molecule is Cc1ccc([C@@H](C)NC(=O)CN(c2cccc(C)c2)S(=O)(=O)c2ccc(Cl)cc2)cc1. The Morgan fingerprint density at radius 2 is 1.61 bits per heavy atom. The Hall–Kier alpha value is -2.83. The standard InChI is InChI=1S/C24H25ClN2O3S/c1-17-7-9-20(10-8-17)19(3)26-24(28)16-27(22-6-4-5-18(2)15-22)31(29,30)23-13-11-21(25)12-14-23/h4-15,19H,16H2,1-3H3,(H,26,28)/t19-/m1/s1. The summed E-state index contributed by atoms with van der Waals surface area (Å²) in [4.78, 5) is 12.9. The molecule has 3 aromatic rings. The lowest BCUT2D eigenvalue weighted by Gasteiger charge is -2.25. The number of hydrogen-bond donors (Lipinski definition) is 1. The van der Waals surface area contributed by atoms with Gasteiger partial charge in [-0.2, -0.15) is 0 Å². The molecule has 31 heavy (non-hydrogen) atoms. The molecule has 162 valence electrons. The van der Waals surface area contributed by atoms with Crippen molar-refractivity contribution in [2.75, 3.05) is 10.8 Å². The second-order valence-electron chi connectivity index (χ2n) is 7.50. The molecule has 0 aliphatic rings. The second kappa shape index (κ2) is 9.54. The van der Waals surface area contributed by atoms with Gasteiger partial charge in [-0.15, -0.1) is 0 Å². The Morgan fingerprint density at radius 3 is 2.23 bits per heavy atom. The molecule has 0 saturated carbocycles. The van der Waals surface area contributed by atoms with Gasteiger partial charge in [0.15, 0.2) is 0 Å². The van der Waals surface area contributed by atoms with Crippen LogP contribution in [-0.2, 0) is 14.8 Å². The van der Waals surface area contributed by atoms with Crippen LogP contribution in [0.5, 0.6) is 0 Å². The maximum absolute atomic E-state index is 13.4. The summed E-state index contributed by atoms with van der Waals surface area (Å²) in [5.74, 6) is -0.396. The van der Waals surface area contributed by atoms with E-state index in [4.69, 9.17) is 11.6 Å². The van der Waals surface area contributed by atoms with E-state index >= 15 is 0 Å². The number of nitrogens with zero attached hydrogens (tertiary/aromatic N) is 1. The molecule has 3 aromatic carbocycles. The normalized spacial score (nSPS) is 12.3. The smallest absolute Gasteiger partial charge is 0.264 e. The van der Waals surface area contributed by atoms with Gasteiger partial charge in [-0.3, -0.25) is 9.10 Å². The van der Waals surface area contributed by atoms with Gasteiger partial charge in [-0.25, -0.2) is 8.42 Å². The summed E-state index contributed by atoms with van der Waals surface area (Å²) in [5, 5.41) is 3.33. The molecular weight excluding hydrogens is 432 g/mol. The monoisotopic (exact) mass is 456 g/mol. The van der Waals surface area contributed by atoms with Crippen molar-refractivity contribution in [1.82, 2.24) is 5.32 Å². The molecule has 7 heteroatoms. The minimum atomic E-state index is -3.97. The van der Waals surface area contributed by atoms with E-state index in [-0.39, 0.29) is 17.5 Å². The molecule has 0 bridgehead atoms. The van der Waals surface area contributed by atoms with Gasteiger partial charge in [0.05, 0.1) is 16.6 Å². The third-order valence-electron chi connectivity index (χ3n) is 4.93. The molecule has 0 aromatic heterocycles. The molecule has 0 saturated heterocycles. The topological polar surface area (TPSA) is 66.5 Å². The highest BCUT2D eigenvalue weighted by Crippen LogP contribution is 2.25. The second-order valence-corrected chi connectivity index (χ2v) is 9.80. The van der Waals surface area contributed by atoms with Crippen molar-refractivity contribution in [3.63, 3.8) is 0 Å². The molecule has 0 unspecified atom stereocenters. The van der Waals surface area contributed by atoms with Crippen LogP contribution in [0.25, 0.3) is 0 Å². The van der Waals surface area contributed by atoms with Crippen molar-refractivity contribution in [2.24, 2.45) is 0 Å². The van der Waals surface area contributed by atoms with Crippen LogP contribution in [0.15, 0.2) is 77.7 Å². The lowest BCUT2D eigenvalue weighted by atomic mass is 10.1. The summed E-state index contributed by atoms with van der Waals surface area (Å²) in [6.07, 6.45) is 0. The van der Waals surface area contributed by atoms with E-state index in [1.807, 2.05) is 51.1 Å². The Bertz CT molecular complexity index is 1160. The highest BCUT2D eigenvalue weighted by molar-refractivity contribution is 7.92. The van der Waals surface area contributed by atoms with E-state index in [9.17, 15) is 13.2 Å². The van der Waals surface area contributed by atoms with Gasteiger partial charge in [-0.1, -0.05) is 53.6 Å².